The average Bonchev–Trinajstić information content (AvgIpc) is 2.65. The van der Waals surface area contributed by atoms with Crippen molar-refractivity contribution in [2.24, 2.45) is 0 Å². The number of nitrogens with one attached hydrogen (secondary N) is 1. The molecule has 7 heteroatoms. The summed E-state index contributed by atoms with van der Waals surface area (Å²) in [5.74, 6) is 2.54. The topological polar surface area (TPSA) is 102 Å². The highest BCUT2D eigenvalue weighted by Gasteiger charge is 2.25. The van der Waals surface area contributed by atoms with E-state index in [1.165, 1.54) is 31.2 Å². The fraction of sp³-hybridized carbons (Fsp3) is 0.211. The van der Waals surface area contributed by atoms with Crippen molar-refractivity contribution in [1.82, 2.24) is 0 Å². The molecule has 0 aromatic heterocycles. The number of hydrogen-bond donors (Lipinski definition) is 2. The van der Waals surface area contributed by atoms with Crippen LogP contribution < -0.4 is 10.1 Å². The third-order valence-electron chi connectivity index (χ3n) is 3.69. The molecule has 0 aliphatic rings. The van der Waals surface area contributed by atoms with E-state index in [-0.39, 0.29) is 12.3 Å². The number of aliphatic hydroxyl groups excluding tert-OH is 1. The van der Waals surface area contributed by atoms with Crippen LogP contribution in [0.2, 0.25) is 0 Å². The van der Waals surface area contributed by atoms with Crippen molar-refractivity contribution in [3.05, 3.63) is 64.2 Å². The van der Waals surface area contributed by atoms with Crippen LogP contribution >= 0.6 is 0 Å². The maximum absolute atomic E-state index is 11.7. The van der Waals surface area contributed by atoms with Gasteiger partial charge in [0.25, 0.3) is 5.69 Å². The Balaban J connectivity index is 2.23. The molecule has 0 aliphatic heterocycles. The number of nitrogens with zero attached hydrogens (tertiary/aromatic N) is 1. The first-order valence-electron chi connectivity index (χ1n) is 7.78. The van der Waals surface area contributed by atoms with Gasteiger partial charge in [0.1, 0.15) is 18.5 Å². The van der Waals surface area contributed by atoms with Crippen LogP contribution in [0, 0.1) is 22.5 Å². The van der Waals surface area contributed by atoms with E-state index in [0.717, 1.165) is 0 Å². The number of Topliss-reactive ketones (excluding diaryl/α,β-unsaturated/α-hetero) is 1. The lowest BCUT2D eigenvalue weighted by molar-refractivity contribution is -0.384. The fourth-order valence-corrected chi connectivity index (χ4v) is 2.33. The van der Waals surface area contributed by atoms with E-state index in [2.05, 4.69) is 11.2 Å². The summed E-state index contributed by atoms with van der Waals surface area (Å²) in [4.78, 5) is 21.9. The second-order valence-corrected chi connectivity index (χ2v) is 5.54. The maximum atomic E-state index is 11.7. The fourth-order valence-electron chi connectivity index (χ4n) is 2.33. The zero-order chi connectivity index (χ0) is 19.1. The normalized spacial score (nSPS) is 12.5. The smallest absolute Gasteiger partial charge is 0.269 e. The molecule has 0 radical (unpaired) electrons. The molecule has 2 aromatic rings. The average molecular weight is 354 g/mol. The Morgan fingerprint density at radius 2 is 1.88 bits per heavy atom. The highest BCUT2D eigenvalue weighted by molar-refractivity contribution is 5.81. The third kappa shape index (κ3) is 4.82. The second kappa shape index (κ2) is 8.65. The molecule has 0 saturated carbocycles. The highest BCUT2D eigenvalue weighted by Crippen LogP contribution is 2.26. The van der Waals surface area contributed by atoms with Crippen molar-refractivity contribution < 1.29 is 19.6 Å². The van der Waals surface area contributed by atoms with Gasteiger partial charge in [-0.15, -0.1) is 6.42 Å². The van der Waals surface area contributed by atoms with Gasteiger partial charge >= 0.3 is 0 Å². The van der Waals surface area contributed by atoms with E-state index >= 15 is 0 Å². The number of nitro benzene ring substituents is 1. The number of nitro groups is 1. The molecule has 2 rings (SSSR count). The van der Waals surface area contributed by atoms with Crippen LogP contribution in [-0.4, -0.2) is 28.5 Å². The number of rotatable bonds is 8. The zero-order valence-electron chi connectivity index (χ0n) is 14.1. The summed E-state index contributed by atoms with van der Waals surface area (Å²) in [7, 11) is 0. The third-order valence-corrected chi connectivity index (χ3v) is 3.69. The maximum Gasteiger partial charge on any atom is 0.269 e. The summed E-state index contributed by atoms with van der Waals surface area (Å²) in [6.45, 7) is 1.43. The Kier molecular flexibility index (Phi) is 6.31. The first-order valence-corrected chi connectivity index (χ1v) is 7.78. The molecule has 0 amide bonds. The first kappa shape index (κ1) is 19.0. The van der Waals surface area contributed by atoms with Gasteiger partial charge in [-0.05, 0) is 36.8 Å². The van der Waals surface area contributed by atoms with Gasteiger partial charge in [-0.25, -0.2) is 0 Å². The number of carbonyl (C=O) groups is 1. The highest BCUT2D eigenvalue weighted by atomic mass is 16.6. The molecule has 2 N–H and O–H groups in total. The lowest BCUT2D eigenvalue weighted by Crippen LogP contribution is -2.31. The van der Waals surface area contributed by atoms with Crippen molar-refractivity contribution >= 4 is 17.2 Å². The van der Waals surface area contributed by atoms with Crippen molar-refractivity contribution in [3.8, 4) is 18.1 Å². The van der Waals surface area contributed by atoms with Crippen LogP contribution in [0.25, 0.3) is 0 Å². The molecule has 0 fully saturated rings. The molecule has 134 valence electrons. The predicted molar refractivity (Wildman–Crippen MR) is 96.9 cm³/mol. The number of non-ortho nitro benzene ring substituents is 1. The van der Waals surface area contributed by atoms with E-state index < -0.39 is 22.9 Å². The van der Waals surface area contributed by atoms with Gasteiger partial charge in [0, 0.05) is 17.8 Å². The molecule has 0 heterocycles. The standard InChI is InChI=1S/C19H18N2O5/c1-3-12-26-17-10-6-15(7-11-17)20-18(19(23)13(2)22)14-4-8-16(9-5-14)21(24)25/h1,4-11,18-20,23H,12H2,2H3/t18-,19-/m1/s1. The molecule has 0 bridgehead atoms. The molecule has 0 aliphatic carbocycles. The van der Waals surface area contributed by atoms with E-state index in [4.69, 9.17) is 11.2 Å². The molecular formula is C19H18N2O5. The number of benzene rings is 2. The van der Waals surface area contributed by atoms with Crippen LogP contribution in [0.4, 0.5) is 11.4 Å². The number of hydrogen-bond acceptors (Lipinski definition) is 6. The molecule has 0 saturated heterocycles. The molecule has 2 aromatic carbocycles. The summed E-state index contributed by atoms with van der Waals surface area (Å²) in [5.41, 5.74) is 1.12. The van der Waals surface area contributed by atoms with Gasteiger partial charge in [-0.2, -0.15) is 0 Å². The molecule has 0 spiro atoms. The molecule has 7 nitrogen and oxygen atoms in total. The first-order chi connectivity index (χ1) is 12.4. The van der Waals surface area contributed by atoms with E-state index in [1.807, 2.05) is 0 Å². The van der Waals surface area contributed by atoms with Crippen molar-refractivity contribution in [2.75, 3.05) is 11.9 Å². The number of ketones is 1. The molecule has 2 atom stereocenters. The Labute approximate surface area is 150 Å². The van der Waals surface area contributed by atoms with Gasteiger partial charge in [-0.1, -0.05) is 18.1 Å². The summed E-state index contributed by atoms with van der Waals surface area (Å²) in [6, 6.07) is 11.7. The van der Waals surface area contributed by atoms with Crippen molar-refractivity contribution in [1.29, 1.82) is 0 Å². The van der Waals surface area contributed by atoms with Crippen molar-refractivity contribution in [2.45, 2.75) is 19.1 Å². The van der Waals surface area contributed by atoms with Crippen LogP contribution in [0.15, 0.2) is 48.5 Å². The summed E-state index contributed by atoms with van der Waals surface area (Å²) in [5, 5.41) is 24.1. The molecule has 26 heavy (non-hydrogen) atoms. The van der Waals surface area contributed by atoms with Gasteiger partial charge < -0.3 is 15.2 Å². The summed E-state index contributed by atoms with van der Waals surface area (Å²) < 4.78 is 5.29. The number of anilines is 1. The predicted octanol–water partition coefficient (Wildman–Crippen LogP) is 2.71. The Bertz CT molecular complexity index is 809. The van der Waals surface area contributed by atoms with E-state index in [9.17, 15) is 20.0 Å². The molecule has 0 unspecified atom stereocenters. The van der Waals surface area contributed by atoms with E-state index in [0.29, 0.717) is 17.0 Å². The minimum Gasteiger partial charge on any atom is -0.481 e. The Morgan fingerprint density at radius 1 is 1.27 bits per heavy atom. The van der Waals surface area contributed by atoms with Crippen LogP contribution in [0.3, 0.4) is 0 Å². The number of aliphatic hydroxyl groups is 1. The van der Waals surface area contributed by atoms with Crippen LogP contribution in [-0.2, 0) is 4.79 Å². The zero-order valence-corrected chi connectivity index (χ0v) is 14.1. The lowest BCUT2D eigenvalue weighted by atomic mass is 9.98. The van der Waals surface area contributed by atoms with Gasteiger partial charge in [0.05, 0.1) is 11.0 Å². The van der Waals surface area contributed by atoms with Crippen LogP contribution in [0.1, 0.15) is 18.5 Å². The van der Waals surface area contributed by atoms with Crippen LogP contribution in [0.5, 0.6) is 5.75 Å². The Hall–Kier alpha value is -3.37. The lowest BCUT2D eigenvalue weighted by Gasteiger charge is -2.24. The largest absolute Gasteiger partial charge is 0.481 e. The summed E-state index contributed by atoms with van der Waals surface area (Å²) in [6.07, 6.45) is 3.83. The monoisotopic (exact) mass is 354 g/mol. The van der Waals surface area contributed by atoms with Gasteiger partial charge in [0.2, 0.25) is 0 Å². The quantitative estimate of drug-likeness (QED) is 0.429. The molecular weight excluding hydrogens is 336 g/mol. The number of carbonyl (C=O) groups excluding carboxylic acids is 1. The number of ether oxygens (including phenoxy) is 1. The van der Waals surface area contributed by atoms with Gasteiger partial charge in [-0.3, -0.25) is 14.9 Å². The van der Waals surface area contributed by atoms with Gasteiger partial charge in [0.15, 0.2) is 5.78 Å². The second-order valence-electron chi connectivity index (χ2n) is 5.54. The summed E-state index contributed by atoms with van der Waals surface area (Å²) >= 11 is 0. The minimum atomic E-state index is -1.31. The Morgan fingerprint density at radius 3 is 2.38 bits per heavy atom. The minimum absolute atomic E-state index is 0.0696. The number of terminal acetylenes is 1. The SMILES string of the molecule is C#CCOc1ccc(N[C@H](c2ccc([N+](=O)[O-])cc2)[C@H](O)C(C)=O)cc1. The van der Waals surface area contributed by atoms with E-state index in [1.54, 1.807) is 24.3 Å². The van der Waals surface area contributed by atoms with Crippen molar-refractivity contribution in [3.63, 3.8) is 0 Å².